The molecular weight excluding hydrogens is 424 g/mol. The number of sulfonamides is 1. The highest BCUT2D eigenvalue weighted by Gasteiger charge is 2.17. The third kappa shape index (κ3) is 3.69. The number of nitrogens with one attached hydrogen (secondary N) is 1. The Balaban J connectivity index is 2.37. The zero-order chi connectivity index (χ0) is 15.6. The SMILES string of the molecule is COc1ccc(S(=O)(=O)Nc2c(N)cc(Br)cc2Br)cc1. The first-order chi connectivity index (χ1) is 9.83. The van der Waals surface area contributed by atoms with Crippen LogP contribution in [0.1, 0.15) is 0 Å². The Bertz CT molecular complexity index is 738. The fourth-order valence-electron chi connectivity index (χ4n) is 1.65. The van der Waals surface area contributed by atoms with Gasteiger partial charge in [0.2, 0.25) is 0 Å². The smallest absolute Gasteiger partial charge is 0.262 e. The average molecular weight is 436 g/mol. The second-order valence-corrected chi connectivity index (χ2v) is 7.59. The van der Waals surface area contributed by atoms with Crippen LogP contribution in [0.15, 0.2) is 50.2 Å². The van der Waals surface area contributed by atoms with Gasteiger partial charge in [-0.05, 0) is 52.3 Å². The summed E-state index contributed by atoms with van der Waals surface area (Å²) >= 11 is 6.58. The van der Waals surface area contributed by atoms with E-state index in [1.54, 1.807) is 24.3 Å². The van der Waals surface area contributed by atoms with Crippen molar-refractivity contribution in [1.29, 1.82) is 0 Å². The maximum absolute atomic E-state index is 12.4. The van der Waals surface area contributed by atoms with Gasteiger partial charge in [-0.3, -0.25) is 4.72 Å². The predicted molar refractivity (Wildman–Crippen MR) is 90.1 cm³/mol. The Morgan fingerprint density at radius 3 is 2.29 bits per heavy atom. The molecule has 0 atom stereocenters. The Morgan fingerprint density at radius 1 is 1.14 bits per heavy atom. The van der Waals surface area contributed by atoms with Crippen LogP contribution in [0.4, 0.5) is 11.4 Å². The van der Waals surface area contributed by atoms with Crippen molar-refractivity contribution in [2.75, 3.05) is 17.6 Å². The number of nitrogen functional groups attached to an aromatic ring is 1. The van der Waals surface area contributed by atoms with Crippen molar-refractivity contribution in [2.24, 2.45) is 0 Å². The van der Waals surface area contributed by atoms with Gasteiger partial charge in [-0.25, -0.2) is 8.42 Å². The number of rotatable bonds is 4. The molecule has 0 unspecified atom stereocenters. The molecule has 0 aromatic heterocycles. The molecule has 0 saturated heterocycles. The van der Waals surface area contributed by atoms with Crippen molar-refractivity contribution in [3.8, 4) is 5.75 Å². The molecule has 2 rings (SSSR count). The zero-order valence-corrected chi connectivity index (χ0v) is 14.9. The van der Waals surface area contributed by atoms with Crippen molar-refractivity contribution < 1.29 is 13.2 Å². The molecule has 3 N–H and O–H groups in total. The number of ether oxygens (including phenoxy) is 1. The van der Waals surface area contributed by atoms with Crippen molar-refractivity contribution in [3.05, 3.63) is 45.3 Å². The lowest BCUT2D eigenvalue weighted by Crippen LogP contribution is -2.14. The van der Waals surface area contributed by atoms with Crippen LogP contribution >= 0.6 is 31.9 Å². The van der Waals surface area contributed by atoms with Crippen LogP contribution in [-0.4, -0.2) is 15.5 Å². The van der Waals surface area contributed by atoms with E-state index in [4.69, 9.17) is 10.5 Å². The van der Waals surface area contributed by atoms with E-state index in [1.807, 2.05) is 0 Å². The first kappa shape index (κ1) is 16.1. The fraction of sp³-hybridized carbons (Fsp3) is 0.0769. The first-order valence-corrected chi connectivity index (χ1v) is 8.82. The van der Waals surface area contributed by atoms with E-state index in [0.717, 1.165) is 4.47 Å². The second-order valence-electron chi connectivity index (χ2n) is 4.13. The van der Waals surface area contributed by atoms with E-state index >= 15 is 0 Å². The lowest BCUT2D eigenvalue weighted by Gasteiger charge is -2.13. The number of hydrogen-bond acceptors (Lipinski definition) is 4. The quantitative estimate of drug-likeness (QED) is 0.718. The van der Waals surface area contributed by atoms with Crippen molar-refractivity contribution in [2.45, 2.75) is 4.90 Å². The number of anilines is 2. The number of hydrogen-bond donors (Lipinski definition) is 2. The largest absolute Gasteiger partial charge is 0.497 e. The van der Waals surface area contributed by atoms with E-state index in [2.05, 4.69) is 36.6 Å². The van der Waals surface area contributed by atoms with Gasteiger partial charge in [-0.1, -0.05) is 15.9 Å². The summed E-state index contributed by atoms with van der Waals surface area (Å²) in [5.74, 6) is 0.582. The molecule has 0 saturated carbocycles. The van der Waals surface area contributed by atoms with Gasteiger partial charge in [0.25, 0.3) is 10.0 Å². The number of halogens is 2. The summed E-state index contributed by atoms with van der Waals surface area (Å²) in [7, 11) is -2.21. The summed E-state index contributed by atoms with van der Waals surface area (Å²) in [6, 6.07) is 9.41. The molecule has 0 fully saturated rings. The molecule has 0 spiro atoms. The monoisotopic (exact) mass is 434 g/mol. The molecule has 0 aliphatic heterocycles. The van der Waals surface area contributed by atoms with Gasteiger partial charge in [-0.15, -0.1) is 0 Å². The zero-order valence-electron chi connectivity index (χ0n) is 10.9. The third-order valence-corrected chi connectivity index (χ3v) is 5.14. The van der Waals surface area contributed by atoms with Gasteiger partial charge in [-0.2, -0.15) is 0 Å². The Morgan fingerprint density at radius 2 is 1.76 bits per heavy atom. The topological polar surface area (TPSA) is 81.4 Å². The lowest BCUT2D eigenvalue weighted by molar-refractivity contribution is 0.414. The molecule has 2 aromatic rings. The molecule has 112 valence electrons. The first-order valence-electron chi connectivity index (χ1n) is 5.75. The normalized spacial score (nSPS) is 11.2. The molecule has 0 radical (unpaired) electrons. The van der Waals surface area contributed by atoms with Gasteiger partial charge in [0.1, 0.15) is 5.75 Å². The van der Waals surface area contributed by atoms with Crippen molar-refractivity contribution in [3.63, 3.8) is 0 Å². The summed E-state index contributed by atoms with van der Waals surface area (Å²) in [6.07, 6.45) is 0. The van der Waals surface area contributed by atoms with Crippen molar-refractivity contribution >= 4 is 53.3 Å². The van der Waals surface area contributed by atoms with E-state index in [0.29, 0.717) is 21.6 Å². The van der Waals surface area contributed by atoms with Crippen LogP contribution in [-0.2, 0) is 10.0 Å². The highest BCUT2D eigenvalue weighted by Crippen LogP contribution is 2.34. The molecule has 0 bridgehead atoms. The highest BCUT2D eigenvalue weighted by atomic mass is 79.9. The van der Waals surface area contributed by atoms with Crippen molar-refractivity contribution in [1.82, 2.24) is 0 Å². The minimum absolute atomic E-state index is 0.123. The Labute approximate surface area is 139 Å². The summed E-state index contributed by atoms with van der Waals surface area (Å²) in [5.41, 5.74) is 6.46. The van der Waals surface area contributed by atoms with E-state index < -0.39 is 10.0 Å². The standard InChI is InChI=1S/C13H12Br2N2O3S/c1-20-9-2-4-10(5-3-9)21(18,19)17-13-11(15)6-8(14)7-12(13)16/h2-7,17H,16H2,1H3. The molecule has 0 heterocycles. The minimum atomic E-state index is -3.73. The van der Waals surface area contributed by atoms with Crippen LogP contribution in [0, 0.1) is 0 Å². The number of methoxy groups -OCH3 is 1. The molecule has 0 amide bonds. The second kappa shape index (κ2) is 6.25. The van der Waals surface area contributed by atoms with Gasteiger partial charge in [0.05, 0.1) is 23.4 Å². The summed E-state index contributed by atoms with van der Waals surface area (Å²) in [6.45, 7) is 0. The molecule has 21 heavy (non-hydrogen) atoms. The van der Waals surface area contributed by atoms with Crippen LogP contribution in [0.25, 0.3) is 0 Å². The highest BCUT2D eigenvalue weighted by molar-refractivity contribution is 9.11. The maximum atomic E-state index is 12.4. The van der Waals surface area contributed by atoms with Gasteiger partial charge >= 0.3 is 0 Å². The molecule has 0 aliphatic carbocycles. The molecular formula is C13H12Br2N2O3S. The van der Waals surface area contributed by atoms with Gasteiger partial charge in [0.15, 0.2) is 0 Å². The Hall–Kier alpha value is -1.25. The lowest BCUT2D eigenvalue weighted by atomic mass is 10.3. The predicted octanol–water partition coefficient (Wildman–Crippen LogP) is 3.60. The molecule has 5 nitrogen and oxygen atoms in total. The van der Waals surface area contributed by atoms with Crippen LogP contribution < -0.4 is 15.2 Å². The molecule has 8 heteroatoms. The van der Waals surface area contributed by atoms with E-state index in [-0.39, 0.29) is 4.90 Å². The van der Waals surface area contributed by atoms with Crippen LogP contribution in [0.5, 0.6) is 5.75 Å². The summed E-state index contributed by atoms with van der Waals surface area (Å²) in [5, 5.41) is 0. The molecule has 0 aliphatic rings. The van der Waals surface area contributed by atoms with Crippen LogP contribution in [0.2, 0.25) is 0 Å². The van der Waals surface area contributed by atoms with Gasteiger partial charge < -0.3 is 10.5 Å². The fourth-order valence-corrected chi connectivity index (χ4v) is 4.25. The van der Waals surface area contributed by atoms with E-state index in [1.165, 1.54) is 19.2 Å². The average Bonchev–Trinajstić information content (AvgIpc) is 2.43. The van der Waals surface area contributed by atoms with E-state index in [9.17, 15) is 8.42 Å². The Kier molecular flexibility index (Phi) is 4.80. The van der Waals surface area contributed by atoms with Crippen LogP contribution in [0.3, 0.4) is 0 Å². The minimum Gasteiger partial charge on any atom is -0.497 e. The number of benzene rings is 2. The number of nitrogens with two attached hydrogens (primary N) is 1. The van der Waals surface area contributed by atoms with Gasteiger partial charge in [0, 0.05) is 8.95 Å². The maximum Gasteiger partial charge on any atom is 0.262 e. The third-order valence-electron chi connectivity index (χ3n) is 2.69. The summed E-state index contributed by atoms with van der Waals surface area (Å²) in [4.78, 5) is 0.123. The molecule has 2 aromatic carbocycles. The summed E-state index contributed by atoms with van der Waals surface area (Å²) < 4.78 is 33.5.